The van der Waals surface area contributed by atoms with Crippen molar-refractivity contribution in [3.05, 3.63) is 46.8 Å². The number of piperidine rings is 1. The summed E-state index contributed by atoms with van der Waals surface area (Å²) >= 11 is 5.94. The lowest BCUT2D eigenvalue weighted by Gasteiger charge is -2.44. The fourth-order valence-corrected chi connectivity index (χ4v) is 6.44. The summed E-state index contributed by atoms with van der Waals surface area (Å²) < 4.78 is 27.5. The molecule has 1 aromatic rings. The van der Waals surface area contributed by atoms with Crippen LogP contribution in [-0.2, 0) is 9.47 Å². The van der Waals surface area contributed by atoms with Crippen molar-refractivity contribution >= 4 is 23.0 Å². The predicted molar refractivity (Wildman–Crippen MR) is 161 cm³/mol. The molecule has 3 aliphatic heterocycles. The van der Waals surface area contributed by atoms with Crippen LogP contribution in [0.1, 0.15) is 65.2 Å². The molecule has 0 spiro atoms. The second-order valence-corrected chi connectivity index (χ2v) is 11.8. The Bertz CT molecular complexity index is 999. The minimum absolute atomic E-state index is 0.150. The number of fused-ring (bicyclic) bond motifs is 2. The van der Waals surface area contributed by atoms with E-state index in [2.05, 4.69) is 28.5 Å². The minimum atomic E-state index is -0.174. The highest BCUT2D eigenvalue weighted by molar-refractivity contribution is 6.29. The van der Waals surface area contributed by atoms with Gasteiger partial charge in [-0.15, -0.1) is 0 Å². The Morgan fingerprint density at radius 2 is 1.60 bits per heavy atom. The van der Waals surface area contributed by atoms with Gasteiger partial charge in [-0.3, -0.25) is 0 Å². The third kappa shape index (κ3) is 7.47. The Hall–Kier alpha value is -2.36. The van der Waals surface area contributed by atoms with Crippen LogP contribution in [0.15, 0.2) is 40.9 Å². The van der Waals surface area contributed by atoms with Gasteiger partial charge in [0.1, 0.15) is 16.8 Å². The van der Waals surface area contributed by atoms with Gasteiger partial charge in [0.25, 0.3) is 0 Å². The van der Waals surface area contributed by atoms with Crippen LogP contribution < -0.4 is 27.0 Å². The molecule has 10 heteroatoms. The molecule has 3 aliphatic rings. The Labute approximate surface area is 244 Å². The summed E-state index contributed by atoms with van der Waals surface area (Å²) in [7, 11) is 0. The van der Waals surface area contributed by atoms with Gasteiger partial charge in [-0.2, -0.15) is 0 Å². The molecule has 4 rings (SSSR count). The van der Waals surface area contributed by atoms with Gasteiger partial charge in [0.2, 0.25) is 0 Å². The van der Waals surface area contributed by atoms with E-state index in [1.807, 2.05) is 12.1 Å². The molecule has 224 valence electrons. The average Bonchev–Trinajstić information content (AvgIpc) is 3.20. The molecule has 0 amide bonds. The fraction of sp³-hybridized carbons (Fsp3) is 0.667. The SMILES string of the molecule is CCCCOC(OCCCC)C1CCN(c2cc(N3C4CCC3CN(C(/C=C(\N)Cl)=C(N)N)C4)ccc2F)CC1. The number of unbranched alkanes of at least 4 members (excludes halogenated alkanes) is 2. The van der Waals surface area contributed by atoms with E-state index >= 15 is 4.39 Å². The van der Waals surface area contributed by atoms with Crippen molar-refractivity contribution in [2.75, 3.05) is 49.2 Å². The summed E-state index contributed by atoms with van der Waals surface area (Å²) in [4.78, 5) is 6.80. The van der Waals surface area contributed by atoms with Crippen molar-refractivity contribution in [1.29, 1.82) is 0 Å². The summed E-state index contributed by atoms with van der Waals surface area (Å²) in [5.74, 6) is 0.359. The van der Waals surface area contributed by atoms with E-state index in [-0.39, 0.29) is 35.2 Å². The van der Waals surface area contributed by atoms with Crippen LogP contribution in [0.3, 0.4) is 0 Å². The summed E-state index contributed by atoms with van der Waals surface area (Å²) in [6.07, 6.45) is 9.67. The molecule has 0 saturated carbocycles. The lowest BCUT2D eigenvalue weighted by molar-refractivity contribution is -0.177. The van der Waals surface area contributed by atoms with Gasteiger partial charge in [0.15, 0.2) is 6.29 Å². The van der Waals surface area contributed by atoms with Gasteiger partial charge < -0.3 is 41.4 Å². The highest BCUT2D eigenvalue weighted by Gasteiger charge is 2.41. The zero-order valence-electron chi connectivity index (χ0n) is 24.2. The molecule has 2 bridgehead atoms. The number of ether oxygens (including phenoxy) is 2. The number of piperazine rings is 1. The highest BCUT2D eigenvalue weighted by atomic mass is 35.5. The highest BCUT2D eigenvalue weighted by Crippen LogP contribution is 2.39. The summed E-state index contributed by atoms with van der Waals surface area (Å²) in [5, 5.41) is 0.150. The number of hydrogen-bond donors (Lipinski definition) is 3. The second-order valence-electron chi connectivity index (χ2n) is 11.3. The topological polar surface area (TPSA) is 106 Å². The lowest BCUT2D eigenvalue weighted by atomic mass is 9.95. The number of halogens is 2. The molecular weight excluding hydrogens is 531 g/mol. The first-order valence-electron chi connectivity index (χ1n) is 15.0. The van der Waals surface area contributed by atoms with Crippen molar-refractivity contribution in [2.45, 2.75) is 83.6 Å². The molecule has 8 nitrogen and oxygen atoms in total. The maximum atomic E-state index is 15.2. The predicted octanol–water partition coefficient (Wildman–Crippen LogP) is 4.78. The van der Waals surface area contributed by atoms with Crippen molar-refractivity contribution in [1.82, 2.24) is 4.90 Å². The van der Waals surface area contributed by atoms with Gasteiger partial charge in [-0.1, -0.05) is 38.3 Å². The lowest BCUT2D eigenvalue weighted by Crippen LogP contribution is -2.54. The molecule has 1 aromatic carbocycles. The molecule has 6 N–H and O–H groups in total. The first kappa shape index (κ1) is 30.6. The minimum Gasteiger partial charge on any atom is -0.389 e. The number of anilines is 2. The van der Waals surface area contributed by atoms with E-state index < -0.39 is 0 Å². The standard InChI is InChI=1S/C30H48ClFN6O2/c1-3-5-15-39-30(40-16-6-4-2)21-11-13-36(14-12-21)26-17-22(9-10-25(26)32)38-23-7-8-24(38)20-37(19-23)27(29(34)35)18-28(31)33/h9-10,17-18,21,23-24,30H,3-8,11-16,19-20,33-35H2,1-2H3/b28-18-. The van der Waals surface area contributed by atoms with Crippen LogP contribution >= 0.6 is 11.6 Å². The van der Waals surface area contributed by atoms with Crippen molar-refractivity contribution < 1.29 is 13.9 Å². The largest absolute Gasteiger partial charge is 0.389 e. The second kappa shape index (κ2) is 14.5. The molecule has 0 aliphatic carbocycles. The Morgan fingerprint density at radius 3 is 2.12 bits per heavy atom. The number of benzene rings is 1. The van der Waals surface area contributed by atoms with E-state index in [0.717, 1.165) is 96.4 Å². The number of allylic oxidation sites excluding steroid dienone is 1. The van der Waals surface area contributed by atoms with E-state index in [1.54, 1.807) is 12.1 Å². The van der Waals surface area contributed by atoms with Crippen LogP contribution in [0.5, 0.6) is 0 Å². The molecular formula is C30H48ClFN6O2. The van der Waals surface area contributed by atoms with Crippen LogP contribution in [0.4, 0.5) is 15.8 Å². The van der Waals surface area contributed by atoms with Crippen LogP contribution in [0, 0.1) is 11.7 Å². The molecule has 40 heavy (non-hydrogen) atoms. The van der Waals surface area contributed by atoms with Gasteiger partial charge in [-0.05, 0) is 62.8 Å². The number of hydrogen-bond acceptors (Lipinski definition) is 8. The first-order valence-corrected chi connectivity index (χ1v) is 15.4. The summed E-state index contributed by atoms with van der Waals surface area (Å²) in [6, 6.07) is 6.10. The van der Waals surface area contributed by atoms with Crippen molar-refractivity contribution in [2.24, 2.45) is 23.1 Å². The van der Waals surface area contributed by atoms with Gasteiger partial charge >= 0.3 is 0 Å². The average molecular weight is 579 g/mol. The quantitative estimate of drug-likeness (QED) is 0.133. The van der Waals surface area contributed by atoms with Gasteiger partial charge in [0.05, 0.1) is 11.4 Å². The normalized spacial score (nSPS) is 21.9. The Balaban J connectivity index is 1.42. The molecule has 3 saturated heterocycles. The van der Waals surface area contributed by atoms with E-state index in [1.165, 1.54) is 0 Å². The Morgan fingerprint density at radius 1 is 1.00 bits per heavy atom. The summed E-state index contributed by atoms with van der Waals surface area (Å²) in [6.45, 7) is 8.86. The smallest absolute Gasteiger partial charge is 0.160 e. The van der Waals surface area contributed by atoms with Crippen molar-refractivity contribution in [3.8, 4) is 0 Å². The molecule has 0 radical (unpaired) electrons. The molecule has 3 fully saturated rings. The monoisotopic (exact) mass is 578 g/mol. The van der Waals surface area contributed by atoms with Crippen LogP contribution in [0.25, 0.3) is 0 Å². The number of likely N-dealkylation sites (tertiary alicyclic amines) is 1. The van der Waals surface area contributed by atoms with E-state index in [9.17, 15) is 0 Å². The van der Waals surface area contributed by atoms with Gasteiger partial charge in [-0.25, -0.2) is 4.39 Å². The van der Waals surface area contributed by atoms with Crippen LogP contribution in [-0.4, -0.2) is 62.7 Å². The zero-order valence-corrected chi connectivity index (χ0v) is 24.9. The molecule has 2 atom stereocenters. The fourth-order valence-electron chi connectivity index (χ4n) is 6.33. The third-order valence-electron chi connectivity index (χ3n) is 8.45. The number of nitrogens with zero attached hydrogens (tertiary/aromatic N) is 3. The molecule has 3 heterocycles. The number of rotatable bonds is 13. The summed E-state index contributed by atoms with van der Waals surface area (Å²) in [5.41, 5.74) is 20.0. The van der Waals surface area contributed by atoms with Crippen molar-refractivity contribution in [3.63, 3.8) is 0 Å². The van der Waals surface area contributed by atoms with Crippen LogP contribution in [0.2, 0.25) is 0 Å². The first-order chi connectivity index (χ1) is 19.3. The molecule has 0 aromatic heterocycles. The van der Waals surface area contributed by atoms with E-state index in [0.29, 0.717) is 17.3 Å². The van der Waals surface area contributed by atoms with Gasteiger partial charge in [0, 0.05) is 63.1 Å². The Kier molecular flexibility index (Phi) is 11.1. The maximum absolute atomic E-state index is 15.2. The number of nitrogens with two attached hydrogens (primary N) is 3. The van der Waals surface area contributed by atoms with E-state index in [4.69, 9.17) is 38.3 Å². The third-order valence-corrected chi connectivity index (χ3v) is 8.56. The zero-order chi connectivity index (χ0) is 28.6. The maximum Gasteiger partial charge on any atom is 0.160 e. The molecule has 2 unspecified atom stereocenters.